The Hall–Kier alpha value is -1.70. The fraction of sp³-hybridized carbons (Fsp3) is 0.400. The topological polar surface area (TPSA) is 80.3 Å². The smallest absolute Gasteiger partial charge is 0.222 e. The van der Waals surface area contributed by atoms with Gasteiger partial charge >= 0.3 is 0 Å². The van der Waals surface area contributed by atoms with E-state index in [1.165, 1.54) is 12.1 Å². The fourth-order valence-corrected chi connectivity index (χ4v) is 7.17. The molecule has 1 aliphatic carbocycles. The van der Waals surface area contributed by atoms with Crippen molar-refractivity contribution in [3.8, 4) is 0 Å². The number of aryl methyl sites for hydroxylation is 1. The van der Waals surface area contributed by atoms with E-state index in [0.717, 1.165) is 24.8 Å². The minimum Gasteiger partial charge on any atom is -0.222 e. The van der Waals surface area contributed by atoms with Crippen molar-refractivity contribution >= 4 is 19.9 Å². The molecule has 2 aromatic carbocycles. The van der Waals surface area contributed by atoms with Crippen LogP contribution in [-0.2, 0) is 19.9 Å². The van der Waals surface area contributed by atoms with Gasteiger partial charge in [0.15, 0.2) is 9.84 Å². The molecular formula is C20H25NO4S2. The highest BCUT2D eigenvalue weighted by Gasteiger charge is 2.38. The number of hydrogen-bond donors (Lipinski definition) is 1. The van der Waals surface area contributed by atoms with E-state index in [1.807, 2.05) is 6.92 Å². The molecule has 2 aromatic rings. The molecule has 3 rings (SSSR count). The maximum Gasteiger partial charge on any atom is 0.241 e. The van der Waals surface area contributed by atoms with Crippen LogP contribution in [0, 0.1) is 12.8 Å². The molecule has 1 N–H and O–H groups in total. The number of nitrogens with one attached hydrogen (secondary N) is 1. The maximum atomic E-state index is 13.3. The van der Waals surface area contributed by atoms with Gasteiger partial charge in [-0.25, -0.2) is 16.8 Å². The number of hydrogen-bond acceptors (Lipinski definition) is 4. The summed E-state index contributed by atoms with van der Waals surface area (Å²) >= 11 is 0. The molecule has 146 valence electrons. The standard InChI is InChI=1S/C20H25NO4S2/c1-16-12-14-18(15-13-16)26(22,23)20(17-8-4-2-5-9-17)21-27(24,25)19-10-6-3-7-11-19/h3,6-7,10-15,17,20-21H,2,4-5,8-9H2,1H3. The Balaban J connectivity index is 1.99. The molecule has 1 atom stereocenters. The molecule has 5 nitrogen and oxygen atoms in total. The molecule has 0 radical (unpaired) electrons. The van der Waals surface area contributed by atoms with E-state index in [-0.39, 0.29) is 15.7 Å². The normalized spacial score (nSPS) is 17.5. The third kappa shape index (κ3) is 4.59. The maximum absolute atomic E-state index is 13.3. The molecular weight excluding hydrogens is 382 g/mol. The van der Waals surface area contributed by atoms with E-state index in [9.17, 15) is 16.8 Å². The van der Waals surface area contributed by atoms with Crippen LogP contribution in [0.3, 0.4) is 0 Å². The Morgan fingerprint density at radius 2 is 1.41 bits per heavy atom. The van der Waals surface area contributed by atoms with Crippen molar-refractivity contribution in [3.63, 3.8) is 0 Å². The quantitative estimate of drug-likeness (QED) is 0.792. The lowest BCUT2D eigenvalue weighted by atomic mass is 9.89. The minimum atomic E-state index is -3.94. The third-order valence-corrected chi connectivity index (χ3v) is 8.79. The van der Waals surface area contributed by atoms with Crippen LogP contribution in [0.1, 0.15) is 37.7 Å². The van der Waals surface area contributed by atoms with Crippen molar-refractivity contribution in [3.05, 3.63) is 60.2 Å². The van der Waals surface area contributed by atoms with Crippen molar-refractivity contribution in [1.29, 1.82) is 0 Å². The van der Waals surface area contributed by atoms with Gasteiger partial charge in [-0.1, -0.05) is 55.2 Å². The van der Waals surface area contributed by atoms with E-state index in [0.29, 0.717) is 12.8 Å². The van der Waals surface area contributed by atoms with Crippen molar-refractivity contribution in [1.82, 2.24) is 4.72 Å². The monoisotopic (exact) mass is 407 g/mol. The zero-order valence-corrected chi connectivity index (χ0v) is 17.0. The van der Waals surface area contributed by atoms with Gasteiger partial charge in [-0.2, -0.15) is 4.72 Å². The molecule has 0 heterocycles. The van der Waals surface area contributed by atoms with Gasteiger partial charge in [-0.05, 0) is 49.9 Å². The Morgan fingerprint density at radius 1 is 0.815 bits per heavy atom. The lowest BCUT2D eigenvalue weighted by Gasteiger charge is -2.30. The molecule has 0 saturated heterocycles. The van der Waals surface area contributed by atoms with Crippen molar-refractivity contribution in [2.45, 2.75) is 54.2 Å². The summed E-state index contributed by atoms with van der Waals surface area (Å²) in [5, 5.41) is -1.16. The zero-order chi connectivity index (χ0) is 19.5. The largest absolute Gasteiger partial charge is 0.241 e. The van der Waals surface area contributed by atoms with Crippen LogP contribution < -0.4 is 4.72 Å². The van der Waals surface area contributed by atoms with Gasteiger partial charge in [0.25, 0.3) is 0 Å². The van der Waals surface area contributed by atoms with Crippen LogP contribution in [0.4, 0.5) is 0 Å². The van der Waals surface area contributed by atoms with E-state index < -0.39 is 25.2 Å². The second-order valence-corrected chi connectivity index (χ2v) is 10.9. The lowest BCUT2D eigenvalue weighted by Crippen LogP contribution is -2.46. The second kappa shape index (κ2) is 8.12. The summed E-state index contributed by atoms with van der Waals surface area (Å²) in [6, 6.07) is 14.5. The molecule has 0 spiro atoms. The van der Waals surface area contributed by atoms with E-state index >= 15 is 0 Å². The van der Waals surface area contributed by atoms with Gasteiger partial charge in [0.1, 0.15) is 5.37 Å². The number of rotatable bonds is 6. The third-order valence-electron chi connectivity index (χ3n) is 5.09. The Labute approximate surface area is 161 Å². The van der Waals surface area contributed by atoms with Crippen molar-refractivity contribution in [2.75, 3.05) is 0 Å². The summed E-state index contributed by atoms with van der Waals surface area (Å²) in [5.74, 6) is -0.233. The van der Waals surface area contributed by atoms with Gasteiger partial charge in [-0.3, -0.25) is 0 Å². The molecule has 1 aliphatic rings. The highest BCUT2D eigenvalue weighted by Crippen LogP contribution is 2.32. The summed E-state index contributed by atoms with van der Waals surface area (Å²) in [5.41, 5.74) is 0.952. The lowest BCUT2D eigenvalue weighted by molar-refractivity contribution is 0.331. The Morgan fingerprint density at radius 3 is 2.00 bits per heavy atom. The fourth-order valence-electron chi connectivity index (χ4n) is 3.55. The predicted molar refractivity (Wildman–Crippen MR) is 105 cm³/mol. The van der Waals surface area contributed by atoms with Crippen molar-refractivity contribution < 1.29 is 16.8 Å². The summed E-state index contributed by atoms with van der Waals surface area (Å²) in [4.78, 5) is 0.226. The van der Waals surface area contributed by atoms with E-state index in [1.54, 1.807) is 42.5 Å². The molecule has 27 heavy (non-hydrogen) atoms. The summed E-state index contributed by atoms with van der Waals surface area (Å²) in [6.07, 6.45) is 4.29. The van der Waals surface area contributed by atoms with E-state index in [2.05, 4.69) is 4.72 Å². The van der Waals surface area contributed by atoms with Crippen LogP contribution in [0.2, 0.25) is 0 Å². The molecule has 1 unspecified atom stereocenters. The van der Waals surface area contributed by atoms with Gasteiger partial charge in [-0.15, -0.1) is 0 Å². The van der Waals surface area contributed by atoms with Crippen LogP contribution in [-0.4, -0.2) is 22.2 Å². The predicted octanol–water partition coefficient (Wildman–Crippen LogP) is 3.65. The Kier molecular flexibility index (Phi) is 6.03. The molecule has 7 heteroatoms. The first-order valence-electron chi connectivity index (χ1n) is 9.19. The van der Waals surface area contributed by atoms with Gasteiger partial charge in [0, 0.05) is 0 Å². The average Bonchev–Trinajstić information content (AvgIpc) is 2.68. The van der Waals surface area contributed by atoms with Crippen LogP contribution in [0.5, 0.6) is 0 Å². The average molecular weight is 408 g/mol. The van der Waals surface area contributed by atoms with Crippen molar-refractivity contribution in [2.24, 2.45) is 5.92 Å². The molecule has 0 aliphatic heterocycles. The van der Waals surface area contributed by atoms with Gasteiger partial charge in [0.2, 0.25) is 10.0 Å². The minimum absolute atomic E-state index is 0.0740. The molecule has 0 amide bonds. The summed E-state index contributed by atoms with van der Waals surface area (Å²) in [6.45, 7) is 1.88. The first-order valence-corrected chi connectivity index (χ1v) is 12.2. The number of sulfonamides is 1. The second-order valence-electron chi connectivity index (χ2n) is 7.11. The molecule has 0 aromatic heterocycles. The first kappa shape index (κ1) is 20.0. The molecule has 0 bridgehead atoms. The molecule has 1 fully saturated rings. The zero-order valence-electron chi connectivity index (χ0n) is 15.3. The van der Waals surface area contributed by atoms with Gasteiger partial charge < -0.3 is 0 Å². The van der Waals surface area contributed by atoms with Crippen LogP contribution in [0.15, 0.2) is 64.4 Å². The highest BCUT2D eigenvalue weighted by atomic mass is 32.2. The van der Waals surface area contributed by atoms with Crippen LogP contribution in [0.25, 0.3) is 0 Å². The first-order chi connectivity index (χ1) is 12.8. The summed E-state index contributed by atoms with van der Waals surface area (Å²) in [7, 11) is -7.79. The number of sulfone groups is 1. The number of benzene rings is 2. The SMILES string of the molecule is Cc1ccc(S(=O)(=O)C(NS(=O)(=O)c2ccccc2)C2CCCCC2)cc1. The van der Waals surface area contributed by atoms with Gasteiger partial charge in [0.05, 0.1) is 9.79 Å². The van der Waals surface area contributed by atoms with Crippen LogP contribution >= 0.6 is 0 Å². The summed E-state index contributed by atoms with van der Waals surface area (Å²) < 4.78 is 54.9. The highest BCUT2D eigenvalue weighted by molar-refractivity contribution is 7.94. The Bertz CT molecular complexity index is 962. The molecule has 1 saturated carbocycles. The van der Waals surface area contributed by atoms with E-state index in [4.69, 9.17) is 0 Å².